The fraction of sp³-hybridized carbons (Fsp3) is 0.857. The van der Waals surface area contributed by atoms with E-state index in [1.807, 2.05) is 0 Å². The fourth-order valence-electron chi connectivity index (χ4n) is 6.32. The molecule has 0 saturated carbocycles. The summed E-state index contributed by atoms with van der Waals surface area (Å²) < 4.78 is 89.5. The van der Waals surface area contributed by atoms with Gasteiger partial charge in [-0.05, 0) is 25.9 Å². The zero-order chi connectivity index (χ0) is 52.0. The van der Waals surface area contributed by atoms with Crippen molar-refractivity contribution in [2.45, 2.75) is 49.0 Å². The molecule has 22 nitrogen and oxygen atoms in total. The monoisotopic (exact) mass is 1080 g/mol. The van der Waals surface area contributed by atoms with Gasteiger partial charge >= 0.3 is 0 Å². The lowest BCUT2D eigenvalue weighted by Crippen LogP contribution is -2.39. The van der Waals surface area contributed by atoms with Crippen molar-refractivity contribution in [1.29, 1.82) is 0 Å². The van der Waals surface area contributed by atoms with E-state index in [1.165, 1.54) is 11.3 Å². The van der Waals surface area contributed by atoms with Crippen LogP contribution in [0.2, 0.25) is 0 Å². The number of ether oxygens (including phenoxy) is 15. The lowest BCUT2D eigenvalue weighted by atomic mass is 9.94. The third-order valence-electron chi connectivity index (χ3n) is 10.3. The zero-order valence-corrected chi connectivity index (χ0v) is 45.7. The first-order valence-corrected chi connectivity index (χ1v) is 27.6. The third-order valence-corrected chi connectivity index (χ3v) is 12.4. The molecule has 1 amide bonds. The molecule has 424 valence electrons. The van der Waals surface area contributed by atoms with Gasteiger partial charge in [-0.3, -0.25) is 4.79 Å². The van der Waals surface area contributed by atoms with E-state index < -0.39 is 0 Å². The van der Waals surface area contributed by atoms with Gasteiger partial charge in [-0.25, -0.2) is 9.97 Å². The standard InChI is InChI=1S/C49H89N5O17S2/c1-49(2,3)44-40-51-45(71-44)42-72-46-41-52-48(73-46)53-47(55)43-4-7-54(8-5-43)9-11-57-13-15-59-17-19-61-21-23-63-25-27-65-29-31-67-33-35-69-37-39-70-38-36-68-34-32-66-30-28-64-26-24-62-22-20-60-18-16-58-14-12-56-10-6-50/h40-41,43H,4-39,42,50H2,1-3H3,(H,52,53,55). The van der Waals surface area contributed by atoms with E-state index in [2.05, 4.69) is 41.0 Å². The van der Waals surface area contributed by atoms with E-state index in [-0.39, 0.29) is 17.2 Å². The highest BCUT2D eigenvalue weighted by molar-refractivity contribution is 8.00. The predicted molar refractivity (Wildman–Crippen MR) is 276 cm³/mol. The Bertz CT molecular complexity index is 1540. The van der Waals surface area contributed by atoms with Crippen LogP contribution in [0, 0.1) is 5.92 Å². The minimum absolute atomic E-state index is 0.0213. The molecule has 2 aromatic rings. The van der Waals surface area contributed by atoms with Crippen LogP contribution >= 0.6 is 23.1 Å². The maximum Gasteiger partial charge on any atom is 0.229 e. The molecular weight excluding hydrogens is 995 g/mol. The summed E-state index contributed by atoms with van der Waals surface area (Å²) >= 11 is 3.08. The summed E-state index contributed by atoms with van der Waals surface area (Å²) in [6, 6.07) is 0. The number of piperidine rings is 1. The van der Waals surface area contributed by atoms with Gasteiger partial charge in [-0.15, -0.1) is 11.8 Å². The molecule has 3 heterocycles. The van der Waals surface area contributed by atoms with Gasteiger partial charge in [0.15, 0.2) is 5.13 Å². The molecule has 0 aromatic carbocycles. The Kier molecular flexibility index (Phi) is 41.2. The molecule has 0 atom stereocenters. The minimum atomic E-state index is -0.0753. The average Bonchev–Trinajstić information content (AvgIpc) is 4.07. The number of hydrogen-bond donors (Lipinski definition) is 2. The molecule has 0 unspecified atom stereocenters. The number of rotatable bonds is 52. The average molecular weight is 1080 g/mol. The summed E-state index contributed by atoms with van der Waals surface area (Å²) in [4.78, 5) is 24.1. The number of nitrogens with one attached hydrogen (secondary N) is 1. The van der Waals surface area contributed by atoms with Crippen LogP contribution in [-0.2, 0) is 87.0 Å². The van der Waals surface area contributed by atoms with E-state index >= 15 is 0 Å². The molecule has 0 bridgehead atoms. The van der Waals surface area contributed by atoms with E-state index in [4.69, 9.17) is 81.2 Å². The number of aromatic nitrogens is 2. The second-order valence-electron chi connectivity index (χ2n) is 17.2. The van der Waals surface area contributed by atoms with Gasteiger partial charge in [0.25, 0.3) is 0 Å². The number of carbonyl (C=O) groups excluding carboxylic acids is 1. The first-order chi connectivity index (χ1) is 35.8. The van der Waals surface area contributed by atoms with E-state index in [0.29, 0.717) is 222 Å². The zero-order valence-electron chi connectivity index (χ0n) is 44.1. The Morgan fingerprint density at radius 2 is 0.904 bits per heavy atom. The first-order valence-electron chi connectivity index (χ1n) is 25.8. The Morgan fingerprint density at radius 3 is 1.23 bits per heavy atom. The molecule has 0 radical (unpaired) electrons. The Hall–Kier alpha value is -2.02. The number of thioether (sulfide) groups is 1. The largest absolute Gasteiger partial charge is 0.444 e. The van der Waals surface area contributed by atoms with Crippen molar-refractivity contribution in [2.24, 2.45) is 11.7 Å². The molecule has 73 heavy (non-hydrogen) atoms. The van der Waals surface area contributed by atoms with Crippen LogP contribution in [-0.4, -0.2) is 245 Å². The number of nitrogens with two attached hydrogens (primary N) is 1. The molecule has 0 spiro atoms. The summed E-state index contributed by atoms with van der Waals surface area (Å²) in [6.45, 7) is 24.6. The van der Waals surface area contributed by atoms with Gasteiger partial charge in [0.2, 0.25) is 11.8 Å². The Morgan fingerprint density at radius 1 is 0.562 bits per heavy atom. The van der Waals surface area contributed by atoms with Crippen LogP contribution in [0.4, 0.5) is 5.13 Å². The van der Waals surface area contributed by atoms with Gasteiger partial charge in [0, 0.05) is 24.4 Å². The lowest BCUT2D eigenvalue weighted by molar-refractivity contribution is -0.121. The second-order valence-corrected chi connectivity index (χ2v) is 19.5. The summed E-state index contributed by atoms with van der Waals surface area (Å²) in [6.07, 6.45) is 5.21. The smallest absolute Gasteiger partial charge is 0.229 e. The highest BCUT2D eigenvalue weighted by Gasteiger charge is 2.26. The highest BCUT2D eigenvalue weighted by Crippen LogP contribution is 2.32. The van der Waals surface area contributed by atoms with Gasteiger partial charge < -0.3 is 91.4 Å². The van der Waals surface area contributed by atoms with E-state index in [9.17, 15) is 4.79 Å². The molecule has 3 N–H and O–H groups in total. The van der Waals surface area contributed by atoms with Gasteiger partial charge in [0.05, 0.1) is 221 Å². The topological polar surface area (TPSA) is 236 Å². The van der Waals surface area contributed by atoms with Crippen molar-refractivity contribution >= 4 is 34.1 Å². The lowest BCUT2D eigenvalue weighted by Gasteiger charge is -2.30. The van der Waals surface area contributed by atoms with Crippen LogP contribution in [0.5, 0.6) is 0 Å². The summed E-state index contributed by atoms with van der Waals surface area (Å²) in [5.41, 5.74) is 5.27. The van der Waals surface area contributed by atoms with Gasteiger partial charge in [0.1, 0.15) is 5.76 Å². The fourth-order valence-corrected chi connectivity index (χ4v) is 8.05. The number of amides is 1. The molecule has 24 heteroatoms. The van der Waals surface area contributed by atoms with Crippen molar-refractivity contribution in [2.75, 3.05) is 230 Å². The quantitative estimate of drug-likeness (QED) is 0.0712. The van der Waals surface area contributed by atoms with Crippen molar-refractivity contribution in [3.05, 3.63) is 24.0 Å². The molecule has 1 fully saturated rings. The number of thiazole rings is 1. The Balaban J connectivity index is 0.921. The van der Waals surface area contributed by atoms with Crippen LogP contribution in [0.15, 0.2) is 21.0 Å². The minimum Gasteiger partial charge on any atom is -0.444 e. The van der Waals surface area contributed by atoms with Crippen molar-refractivity contribution in [3.63, 3.8) is 0 Å². The second kappa shape index (κ2) is 46.1. The highest BCUT2D eigenvalue weighted by atomic mass is 32.2. The van der Waals surface area contributed by atoms with Crippen molar-refractivity contribution in [1.82, 2.24) is 14.9 Å². The number of anilines is 1. The number of oxazole rings is 1. The Labute approximate surface area is 442 Å². The van der Waals surface area contributed by atoms with Crippen LogP contribution in [0.3, 0.4) is 0 Å². The van der Waals surface area contributed by atoms with Crippen LogP contribution in [0.1, 0.15) is 45.3 Å². The molecule has 1 aliphatic heterocycles. The van der Waals surface area contributed by atoms with Crippen LogP contribution < -0.4 is 11.1 Å². The molecule has 0 aliphatic carbocycles. The van der Waals surface area contributed by atoms with E-state index in [0.717, 1.165) is 42.4 Å². The third kappa shape index (κ3) is 37.4. The predicted octanol–water partition coefficient (Wildman–Crippen LogP) is 3.58. The number of carbonyl (C=O) groups is 1. The van der Waals surface area contributed by atoms with Gasteiger partial charge in [-0.1, -0.05) is 32.1 Å². The van der Waals surface area contributed by atoms with Gasteiger partial charge in [-0.2, -0.15) is 0 Å². The summed E-state index contributed by atoms with van der Waals surface area (Å²) in [5, 5.41) is 3.64. The number of nitrogens with zero attached hydrogens (tertiary/aromatic N) is 3. The molecule has 2 aromatic heterocycles. The van der Waals surface area contributed by atoms with Crippen molar-refractivity contribution < 1.29 is 80.3 Å². The first kappa shape index (κ1) is 65.3. The molecular formula is C49H89N5O17S2. The molecule has 1 saturated heterocycles. The number of likely N-dealkylation sites (tertiary alicyclic amines) is 1. The SMILES string of the molecule is CC(C)(C)c1cnc(CSc2cnc(NC(=O)C3CCN(CCOCCOCCOCCOCCOCCOCCOCCOCCOCCOCCOCCOCCOCCOCCOCCN)CC3)s2)o1. The maximum atomic E-state index is 12.9. The van der Waals surface area contributed by atoms with Crippen molar-refractivity contribution in [3.8, 4) is 0 Å². The molecule has 1 aliphatic rings. The van der Waals surface area contributed by atoms with E-state index in [1.54, 1.807) is 24.2 Å². The summed E-state index contributed by atoms with van der Waals surface area (Å²) in [7, 11) is 0. The molecule has 3 rings (SSSR count). The van der Waals surface area contributed by atoms with Crippen LogP contribution in [0.25, 0.3) is 0 Å². The number of hydrogen-bond acceptors (Lipinski definition) is 23. The maximum absolute atomic E-state index is 12.9. The summed E-state index contributed by atoms with van der Waals surface area (Å²) in [5.74, 6) is 2.19. The normalized spacial score (nSPS) is 13.7.